The van der Waals surface area contributed by atoms with Gasteiger partial charge in [0.05, 0.1) is 29.8 Å². The normalized spacial score (nSPS) is 15.8. The van der Waals surface area contributed by atoms with Crippen LogP contribution in [0.5, 0.6) is 0 Å². The molecular weight excluding hydrogens is 397 g/mol. The molecule has 4 aromatic rings. The molecule has 0 saturated heterocycles. The molecule has 156 valence electrons. The lowest BCUT2D eigenvalue weighted by molar-refractivity contribution is 0.0701. The molecule has 1 amide bonds. The van der Waals surface area contributed by atoms with E-state index in [-0.39, 0.29) is 28.8 Å². The highest BCUT2D eigenvalue weighted by molar-refractivity contribution is 5.99. The van der Waals surface area contributed by atoms with Crippen molar-refractivity contribution in [2.45, 2.75) is 32.4 Å². The van der Waals surface area contributed by atoms with Crippen molar-refractivity contribution in [1.82, 2.24) is 4.90 Å². The van der Waals surface area contributed by atoms with E-state index in [2.05, 4.69) is 13.8 Å². The summed E-state index contributed by atoms with van der Waals surface area (Å²) in [6.07, 6.45) is 1.54. The summed E-state index contributed by atoms with van der Waals surface area (Å²) in [7, 11) is 0. The standard InChI is InChI=1S/C25H20FNO4/c1-14(2)15-5-7-16(8-6-15)22-21-23(28)19-12-17(26)9-10-20(19)31-24(21)25(29)27(22)13-18-4-3-11-30-18/h3-12,14,22H,13H2,1-2H3. The molecule has 0 spiro atoms. The molecule has 5 rings (SSSR count). The van der Waals surface area contributed by atoms with Crippen molar-refractivity contribution in [2.75, 3.05) is 0 Å². The number of rotatable bonds is 4. The summed E-state index contributed by atoms with van der Waals surface area (Å²) in [6, 6.07) is 14.4. The van der Waals surface area contributed by atoms with Crippen LogP contribution >= 0.6 is 0 Å². The quantitative estimate of drug-likeness (QED) is 0.446. The number of hydrogen-bond donors (Lipinski definition) is 0. The number of hydrogen-bond acceptors (Lipinski definition) is 4. The van der Waals surface area contributed by atoms with Crippen LogP contribution in [-0.4, -0.2) is 10.8 Å². The molecule has 0 N–H and O–H groups in total. The Balaban J connectivity index is 1.72. The number of carbonyl (C=O) groups excluding carboxylic acids is 1. The molecule has 5 nitrogen and oxygen atoms in total. The van der Waals surface area contributed by atoms with Gasteiger partial charge in [0.1, 0.15) is 17.2 Å². The first-order valence-electron chi connectivity index (χ1n) is 10.1. The summed E-state index contributed by atoms with van der Waals surface area (Å²) in [4.78, 5) is 28.3. The van der Waals surface area contributed by atoms with E-state index in [1.165, 1.54) is 18.4 Å². The zero-order valence-corrected chi connectivity index (χ0v) is 17.1. The predicted molar refractivity (Wildman–Crippen MR) is 113 cm³/mol. The highest BCUT2D eigenvalue weighted by Gasteiger charge is 2.43. The number of amides is 1. The number of nitrogens with zero attached hydrogens (tertiary/aromatic N) is 1. The summed E-state index contributed by atoms with van der Waals surface area (Å²) in [5.74, 6) is 0.00590. The van der Waals surface area contributed by atoms with Crippen LogP contribution in [0.25, 0.3) is 11.0 Å². The third kappa shape index (κ3) is 3.15. The topological polar surface area (TPSA) is 63.7 Å². The maximum atomic E-state index is 13.8. The predicted octanol–water partition coefficient (Wildman–Crippen LogP) is 5.39. The SMILES string of the molecule is CC(C)c1ccc(C2c3c(oc4ccc(F)cc4c3=O)C(=O)N2Cc2ccco2)cc1. The fourth-order valence-electron chi connectivity index (χ4n) is 4.14. The Morgan fingerprint density at radius 3 is 2.52 bits per heavy atom. The zero-order chi connectivity index (χ0) is 21.7. The highest BCUT2D eigenvalue weighted by Crippen LogP contribution is 2.39. The van der Waals surface area contributed by atoms with E-state index in [1.807, 2.05) is 24.3 Å². The molecule has 2 aromatic heterocycles. The van der Waals surface area contributed by atoms with Crippen molar-refractivity contribution in [1.29, 1.82) is 0 Å². The number of fused-ring (bicyclic) bond motifs is 2. The Labute approximate surface area is 177 Å². The molecular formula is C25H20FNO4. The van der Waals surface area contributed by atoms with Crippen LogP contribution in [0.3, 0.4) is 0 Å². The second-order valence-electron chi connectivity index (χ2n) is 8.05. The van der Waals surface area contributed by atoms with E-state index in [4.69, 9.17) is 8.83 Å². The summed E-state index contributed by atoms with van der Waals surface area (Å²) < 4.78 is 25.1. The van der Waals surface area contributed by atoms with Crippen LogP contribution in [0.4, 0.5) is 4.39 Å². The number of benzene rings is 2. The molecule has 1 atom stereocenters. The Hall–Kier alpha value is -3.67. The molecule has 1 unspecified atom stereocenters. The molecule has 0 radical (unpaired) electrons. The fourth-order valence-corrected chi connectivity index (χ4v) is 4.14. The van der Waals surface area contributed by atoms with Gasteiger partial charge in [-0.1, -0.05) is 38.1 Å². The average Bonchev–Trinajstić information content (AvgIpc) is 3.36. The monoisotopic (exact) mass is 417 g/mol. The van der Waals surface area contributed by atoms with Gasteiger partial charge < -0.3 is 13.7 Å². The summed E-state index contributed by atoms with van der Waals surface area (Å²) in [5.41, 5.74) is 1.95. The van der Waals surface area contributed by atoms with E-state index in [1.54, 1.807) is 17.0 Å². The first-order valence-corrected chi connectivity index (χ1v) is 10.1. The van der Waals surface area contributed by atoms with Gasteiger partial charge in [-0.25, -0.2) is 4.39 Å². The lowest BCUT2D eigenvalue weighted by atomic mass is 9.95. The highest BCUT2D eigenvalue weighted by atomic mass is 19.1. The average molecular weight is 417 g/mol. The van der Waals surface area contributed by atoms with E-state index in [9.17, 15) is 14.0 Å². The maximum absolute atomic E-state index is 13.8. The van der Waals surface area contributed by atoms with Gasteiger partial charge in [0.25, 0.3) is 5.91 Å². The van der Waals surface area contributed by atoms with E-state index in [0.717, 1.165) is 17.2 Å². The Morgan fingerprint density at radius 2 is 1.84 bits per heavy atom. The largest absolute Gasteiger partial charge is 0.467 e. The molecule has 0 fully saturated rings. The third-order valence-electron chi connectivity index (χ3n) is 5.75. The van der Waals surface area contributed by atoms with Crippen molar-refractivity contribution in [2.24, 2.45) is 0 Å². The third-order valence-corrected chi connectivity index (χ3v) is 5.75. The summed E-state index contributed by atoms with van der Waals surface area (Å²) in [6.45, 7) is 4.38. The van der Waals surface area contributed by atoms with Crippen LogP contribution < -0.4 is 5.43 Å². The van der Waals surface area contributed by atoms with Gasteiger partial charge in [-0.05, 0) is 47.4 Å². The Morgan fingerprint density at radius 1 is 1.06 bits per heavy atom. The molecule has 1 aliphatic rings. The van der Waals surface area contributed by atoms with Gasteiger partial charge >= 0.3 is 0 Å². The smallest absolute Gasteiger partial charge is 0.291 e. The maximum Gasteiger partial charge on any atom is 0.291 e. The molecule has 0 saturated carbocycles. The zero-order valence-electron chi connectivity index (χ0n) is 17.1. The van der Waals surface area contributed by atoms with Gasteiger partial charge in [0, 0.05) is 0 Å². The minimum atomic E-state index is -0.655. The lowest BCUT2D eigenvalue weighted by Crippen LogP contribution is -2.29. The molecule has 2 aromatic carbocycles. The lowest BCUT2D eigenvalue weighted by Gasteiger charge is -2.24. The van der Waals surface area contributed by atoms with Crippen molar-refractivity contribution in [3.8, 4) is 0 Å². The Bertz CT molecular complexity index is 1340. The second-order valence-corrected chi connectivity index (χ2v) is 8.05. The minimum Gasteiger partial charge on any atom is -0.467 e. The second kappa shape index (κ2) is 7.23. The minimum absolute atomic E-state index is 0.00593. The molecule has 0 bridgehead atoms. The molecule has 31 heavy (non-hydrogen) atoms. The molecule has 0 aliphatic carbocycles. The molecule has 1 aliphatic heterocycles. The van der Waals surface area contributed by atoms with Crippen LogP contribution in [-0.2, 0) is 6.54 Å². The van der Waals surface area contributed by atoms with Crippen molar-refractivity contribution < 1.29 is 18.0 Å². The van der Waals surface area contributed by atoms with Crippen LogP contribution in [0.15, 0.2) is 74.5 Å². The van der Waals surface area contributed by atoms with Crippen molar-refractivity contribution in [3.63, 3.8) is 0 Å². The summed E-state index contributed by atoms with van der Waals surface area (Å²) in [5, 5.41) is 0.121. The fraction of sp³-hybridized carbons (Fsp3) is 0.200. The number of furan rings is 1. The van der Waals surface area contributed by atoms with Gasteiger partial charge in [-0.15, -0.1) is 0 Å². The molecule has 3 heterocycles. The number of halogens is 1. The van der Waals surface area contributed by atoms with Gasteiger partial charge in [0.15, 0.2) is 5.43 Å². The van der Waals surface area contributed by atoms with E-state index >= 15 is 0 Å². The van der Waals surface area contributed by atoms with Crippen molar-refractivity contribution in [3.05, 3.63) is 105 Å². The van der Waals surface area contributed by atoms with Gasteiger partial charge in [0.2, 0.25) is 5.76 Å². The van der Waals surface area contributed by atoms with Crippen LogP contribution in [0, 0.1) is 5.82 Å². The van der Waals surface area contributed by atoms with Crippen molar-refractivity contribution >= 4 is 16.9 Å². The Kier molecular flexibility index (Phi) is 4.50. The first kappa shape index (κ1) is 19.3. The van der Waals surface area contributed by atoms with E-state index in [0.29, 0.717) is 11.7 Å². The number of carbonyl (C=O) groups is 1. The molecule has 6 heteroatoms. The first-order chi connectivity index (χ1) is 14.9. The van der Waals surface area contributed by atoms with Gasteiger partial charge in [-0.2, -0.15) is 0 Å². The van der Waals surface area contributed by atoms with Gasteiger partial charge in [-0.3, -0.25) is 9.59 Å². The van der Waals surface area contributed by atoms with Crippen LogP contribution in [0.1, 0.15) is 58.8 Å². The van der Waals surface area contributed by atoms with Crippen LogP contribution in [0.2, 0.25) is 0 Å². The summed E-state index contributed by atoms with van der Waals surface area (Å²) >= 11 is 0. The van der Waals surface area contributed by atoms with E-state index < -0.39 is 23.2 Å².